The average Bonchev–Trinajstić information content (AvgIpc) is 2.62. The van der Waals surface area contributed by atoms with Gasteiger partial charge in [-0.1, -0.05) is 17.7 Å². The number of hydrogen-bond acceptors (Lipinski definition) is 4. The van der Waals surface area contributed by atoms with Crippen molar-refractivity contribution in [3.63, 3.8) is 0 Å². The molecule has 6 nitrogen and oxygen atoms in total. The normalized spacial score (nSPS) is 10.2. The van der Waals surface area contributed by atoms with Gasteiger partial charge in [0.15, 0.2) is 6.61 Å². The third-order valence-corrected chi connectivity index (χ3v) is 3.70. The molecule has 0 heterocycles. The van der Waals surface area contributed by atoms with E-state index in [1.807, 2.05) is 26.0 Å². The molecule has 7 heteroatoms. The van der Waals surface area contributed by atoms with Gasteiger partial charge in [-0.15, -0.1) is 0 Å². The number of esters is 1. The lowest BCUT2D eigenvalue weighted by Gasteiger charge is -2.09. The summed E-state index contributed by atoms with van der Waals surface area (Å²) in [6.07, 6.45) is -0.188. The standard InChI is InChI=1S/C20H21FN2O4/c1-13-3-8-17(14(2)11-13)23-18(24)9-10-20(26)27-12-19(25)22-16-6-4-15(21)5-7-16/h3-8,11H,9-10,12H2,1-2H3,(H,22,25)(H,23,24). The average molecular weight is 372 g/mol. The van der Waals surface area contributed by atoms with Gasteiger partial charge in [0.05, 0.1) is 6.42 Å². The molecule has 0 bridgehead atoms. The summed E-state index contributed by atoms with van der Waals surface area (Å²) in [7, 11) is 0. The Balaban J connectivity index is 1.69. The topological polar surface area (TPSA) is 84.5 Å². The number of halogens is 1. The van der Waals surface area contributed by atoms with Crippen LogP contribution in [0.1, 0.15) is 24.0 Å². The lowest BCUT2D eigenvalue weighted by atomic mass is 10.1. The van der Waals surface area contributed by atoms with E-state index in [4.69, 9.17) is 4.74 Å². The van der Waals surface area contributed by atoms with Crippen LogP contribution in [0, 0.1) is 19.7 Å². The van der Waals surface area contributed by atoms with Gasteiger partial charge < -0.3 is 15.4 Å². The molecule has 142 valence electrons. The van der Waals surface area contributed by atoms with Gasteiger partial charge in [-0.3, -0.25) is 14.4 Å². The van der Waals surface area contributed by atoms with Gasteiger partial charge in [0.25, 0.3) is 5.91 Å². The maximum absolute atomic E-state index is 12.8. The molecule has 0 aliphatic rings. The first kappa shape index (κ1) is 20.1. The van der Waals surface area contributed by atoms with E-state index in [-0.39, 0.29) is 18.7 Å². The van der Waals surface area contributed by atoms with Crippen LogP contribution < -0.4 is 10.6 Å². The minimum atomic E-state index is -0.653. The number of amides is 2. The Morgan fingerprint density at radius 3 is 2.30 bits per heavy atom. The molecule has 0 aliphatic carbocycles. The molecule has 0 aliphatic heterocycles. The number of hydrogen-bond donors (Lipinski definition) is 2. The number of carbonyl (C=O) groups excluding carboxylic acids is 3. The molecule has 0 fully saturated rings. The van der Waals surface area contributed by atoms with E-state index in [9.17, 15) is 18.8 Å². The Morgan fingerprint density at radius 1 is 0.926 bits per heavy atom. The van der Waals surface area contributed by atoms with E-state index < -0.39 is 24.3 Å². The maximum atomic E-state index is 12.8. The van der Waals surface area contributed by atoms with Crippen molar-refractivity contribution in [2.45, 2.75) is 26.7 Å². The van der Waals surface area contributed by atoms with E-state index >= 15 is 0 Å². The van der Waals surface area contributed by atoms with Crippen LogP contribution in [0.3, 0.4) is 0 Å². The molecule has 0 saturated carbocycles. The summed E-state index contributed by atoms with van der Waals surface area (Å²) in [5, 5.41) is 5.21. The Bertz CT molecular complexity index is 834. The number of carbonyl (C=O) groups is 3. The van der Waals surface area contributed by atoms with Crippen molar-refractivity contribution in [2.24, 2.45) is 0 Å². The molecule has 0 aromatic heterocycles. The molecule has 2 amide bonds. The van der Waals surface area contributed by atoms with Gasteiger partial charge in [0, 0.05) is 17.8 Å². The largest absolute Gasteiger partial charge is 0.456 e. The first-order valence-electron chi connectivity index (χ1n) is 8.41. The highest BCUT2D eigenvalue weighted by Gasteiger charge is 2.11. The number of aryl methyl sites for hydroxylation is 2. The summed E-state index contributed by atoms with van der Waals surface area (Å²) < 4.78 is 17.6. The predicted octanol–water partition coefficient (Wildman–Crippen LogP) is 3.34. The first-order chi connectivity index (χ1) is 12.8. The lowest BCUT2D eigenvalue weighted by molar-refractivity contribution is -0.147. The summed E-state index contributed by atoms with van der Waals surface area (Å²) in [5.74, 6) is -1.93. The summed E-state index contributed by atoms with van der Waals surface area (Å²) in [4.78, 5) is 35.3. The highest BCUT2D eigenvalue weighted by Crippen LogP contribution is 2.16. The highest BCUT2D eigenvalue weighted by molar-refractivity contribution is 5.94. The zero-order chi connectivity index (χ0) is 19.8. The van der Waals surface area contributed by atoms with Gasteiger partial charge in [0.1, 0.15) is 5.82 Å². The van der Waals surface area contributed by atoms with Crippen LogP contribution >= 0.6 is 0 Å². The highest BCUT2D eigenvalue weighted by atomic mass is 19.1. The number of benzene rings is 2. The van der Waals surface area contributed by atoms with Crippen molar-refractivity contribution in [2.75, 3.05) is 17.2 Å². The van der Waals surface area contributed by atoms with E-state index in [2.05, 4.69) is 10.6 Å². The molecule has 0 atom stereocenters. The Kier molecular flexibility index (Phi) is 7.05. The van der Waals surface area contributed by atoms with Crippen molar-refractivity contribution in [1.82, 2.24) is 0 Å². The minimum absolute atomic E-state index is 0.0499. The van der Waals surface area contributed by atoms with Crippen LogP contribution in [0.5, 0.6) is 0 Å². The fourth-order valence-electron chi connectivity index (χ4n) is 2.33. The number of nitrogens with one attached hydrogen (secondary N) is 2. The van der Waals surface area contributed by atoms with Crippen molar-refractivity contribution in [3.8, 4) is 0 Å². The Labute approximate surface area is 156 Å². The fourth-order valence-corrected chi connectivity index (χ4v) is 2.33. The summed E-state index contributed by atoms with van der Waals surface area (Å²) in [6.45, 7) is 3.37. The number of rotatable bonds is 7. The molecule has 0 radical (unpaired) electrons. The third kappa shape index (κ3) is 6.89. The van der Waals surface area contributed by atoms with E-state index in [0.29, 0.717) is 11.4 Å². The lowest BCUT2D eigenvalue weighted by Crippen LogP contribution is -2.21. The zero-order valence-electron chi connectivity index (χ0n) is 15.2. The van der Waals surface area contributed by atoms with Crippen molar-refractivity contribution in [1.29, 1.82) is 0 Å². The molecule has 27 heavy (non-hydrogen) atoms. The molecule has 0 saturated heterocycles. The van der Waals surface area contributed by atoms with Gasteiger partial charge in [-0.25, -0.2) is 4.39 Å². The molecular weight excluding hydrogens is 351 g/mol. The molecule has 2 N–H and O–H groups in total. The molecule has 0 unspecified atom stereocenters. The van der Waals surface area contributed by atoms with E-state index in [1.165, 1.54) is 24.3 Å². The molecule has 0 spiro atoms. The summed E-state index contributed by atoms with van der Waals surface area (Å²) >= 11 is 0. The second-order valence-corrected chi connectivity index (χ2v) is 6.08. The first-order valence-corrected chi connectivity index (χ1v) is 8.41. The number of ether oxygens (including phenoxy) is 1. The van der Waals surface area contributed by atoms with Crippen molar-refractivity contribution < 1.29 is 23.5 Å². The Morgan fingerprint density at radius 2 is 1.63 bits per heavy atom. The van der Waals surface area contributed by atoms with Crippen LogP contribution in [0.4, 0.5) is 15.8 Å². The van der Waals surface area contributed by atoms with Crippen LogP contribution in [-0.2, 0) is 19.1 Å². The van der Waals surface area contributed by atoms with Gasteiger partial charge in [-0.05, 0) is 49.7 Å². The van der Waals surface area contributed by atoms with Crippen LogP contribution in [-0.4, -0.2) is 24.4 Å². The molecule has 2 aromatic carbocycles. The quantitative estimate of drug-likeness (QED) is 0.730. The van der Waals surface area contributed by atoms with Crippen LogP contribution in [0.2, 0.25) is 0 Å². The summed E-state index contributed by atoms with van der Waals surface area (Å²) in [6, 6.07) is 10.8. The molecule has 2 rings (SSSR count). The number of anilines is 2. The van der Waals surface area contributed by atoms with Gasteiger partial charge in [0.2, 0.25) is 5.91 Å². The monoisotopic (exact) mass is 372 g/mol. The predicted molar refractivity (Wildman–Crippen MR) is 99.8 cm³/mol. The van der Waals surface area contributed by atoms with Gasteiger partial charge >= 0.3 is 5.97 Å². The smallest absolute Gasteiger partial charge is 0.306 e. The molecule has 2 aromatic rings. The van der Waals surface area contributed by atoms with Gasteiger partial charge in [-0.2, -0.15) is 0 Å². The van der Waals surface area contributed by atoms with Crippen molar-refractivity contribution in [3.05, 3.63) is 59.4 Å². The van der Waals surface area contributed by atoms with E-state index in [1.54, 1.807) is 6.07 Å². The van der Waals surface area contributed by atoms with Crippen molar-refractivity contribution >= 4 is 29.2 Å². The second-order valence-electron chi connectivity index (χ2n) is 6.08. The fraction of sp³-hybridized carbons (Fsp3) is 0.250. The minimum Gasteiger partial charge on any atom is -0.456 e. The zero-order valence-corrected chi connectivity index (χ0v) is 15.2. The SMILES string of the molecule is Cc1ccc(NC(=O)CCC(=O)OCC(=O)Nc2ccc(F)cc2)c(C)c1. The third-order valence-electron chi connectivity index (χ3n) is 3.70. The van der Waals surface area contributed by atoms with E-state index in [0.717, 1.165) is 11.1 Å². The molecular formula is C20H21FN2O4. The van der Waals surface area contributed by atoms with Crippen LogP contribution in [0.25, 0.3) is 0 Å². The Hall–Kier alpha value is -3.22. The second kappa shape index (κ2) is 9.47. The van der Waals surface area contributed by atoms with Crippen LogP contribution in [0.15, 0.2) is 42.5 Å². The summed E-state index contributed by atoms with van der Waals surface area (Å²) in [5.41, 5.74) is 3.11. The maximum Gasteiger partial charge on any atom is 0.306 e.